The van der Waals surface area contributed by atoms with Gasteiger partial charge in [-0.1, -0.05) is 0 Å². The van der Waals surface area contributed by atoms with E-state index in [2.05, 4.69) is 0 Å². The molecular formula is C10H8O4. The second-order valence-electron chi connectivity index (χ2n) is 3.11. The third-order valence-electron chi connectivity index (χ3n) is 2.01. The van der Waals surface area contributed by atoms with E-state index < -0.39 is 0 Å². The zero-order valence-electron chi connectivity index (χ0n) is 7.32. The summed E-state index contributed by atoms with van der Waals surface area (Å²) in [6.45, 7) is -0.0798. The van der Waals surface area contributed by atoms with Crippen LogP contribution in [0.1, 0.15) is 16.8 Å². The van der Waals surface area contributed by atoms with Crippen molar-refractivity contribution in [1.82, 2.24) is 0 Å². The highest BCUT2D eigenvalue weighted by atomic mass is 16.5. The molecule has 4 nitrogen and oxygen atoms in total. The molecule has 72 valence electrons. The van der Waals surface area contributed by atoms with Crippen molar-refractivity contribution in [3.05, 3.63) is 23.8 Å². The highest BCUT2D eigenvalue weighted by Gasteiger charge is 2.21. The van der Waals surface area contributed by atoms with Gasteiger partial charge in [0, 0.05) is 0 Å². The Kier molecular flexibility index (Phi) is 1.96. The van der Waals surface area contributed by atoms with Crippen molar-refractivity contribution in [3.8, 4) is 11.5 Å². The van der Waals surface area contributed by atoms with Gasteiger partial charge in [0.15, 0.2) is 11.6 Å². The molecule has 1 aliphatic heterocycles. The van der Waals surface area contributed by atoms with Crippen LogP contribution in [0.15, 0.2) is 18.2 Å². The monoisotopic (exact) mass is 192 g/mol. The maximum atomic E-state index is 11.5. The lowest BCUT2D eigenvalue weighted by Gasteiger charge is -2.04. The largest absolute Gasteiger partial charge is 0.508 e. The van der Waals surface area contributed by atoms with Crippen molar-refractivity contribution in [1.29, 1.82) is 0 Å². The Morgan fingerprint density at radius 2 is 2.07 bits per heavy atom. The predicted molar refractivity (Wildman–Crippen MR) is 47.6 cm³/mol. The first-order valence-electron chi connectivity index (χ1n) is 4.17. The van der Waals surface area contributed by atoms with Crippen molar-refractivity contribution in [2.24, 2.45) is 0 Å². The van der Waals surface area contributed by atoms with Crippen molar-refractivity contribution >= 4 is 11.6 Å². The van der Waals surface area contributed by atoms with E-state index in [9.17, 15) is 14.7 Å². The van der Waals surface area contributed by atoms with Crippen LogP contribution in [0.3, 0.4) is 0 Å². The van der Waals surface area contributed by atoms with Crippen molar-refractivity contribution in [2.75, 3.05) is 6.61 Å². The van der Waals surface area contributed by atoms with Crippen molar-refractivity contribution < 1.29 is 19.4 Å². The Morgan fingerprint density at radius 3 is 2.86 bits per heavy atom. The molecule has 0 aliphatic carbocycles. The van der Waals surface area contributed by atoms with E-state index in [-0.39, 0.29) is 35.9 Å². The van der Waals surface area contributed by atoms with Crippen LogP contribution in [0.4, 0.5) is 0 Å². The van der Waals surface area contributed by atoms with E-state index >= 15 is 0 Å². The van der Waals surface area contributed by atoms with Crippen LogP contribution in [-0.2, 0) is 4.79 Å². The first-order valence-corrected chi connectivity index (χ1v) is 4.17. The molecular weight excluding hydrogens is 184 g/mol. The number of phenolic OH excluding ortho intramolecular Hbond substituents is 1. The predicted octanol–water partition coefficient (Wildman–Crippen LogP) is 0.926. The molecule has 0 atom stereocenters. The molecule has 0 unspecified atom stereocenters. The minimum absolute atomic E-state index is 0.00458. The smallest absolute Gasteiger partial charge is 0.177 e. The van der Waals surface area contributed by atoms with Gasteiger partial charge in [0.05, 0.1) is 12.0 Å². The Labute approximate surface area is 80.1 Å². The average molecular weight is 192 g/mol. The summed E-state index contributed by atoms with van der Waals surface area (Å²) in [7, 11) is 0. The molecule has 0 saturated carbocycles. The summed E-state index contributed by atoms with van der Waals surface area (Å²) in [4.78, 5) is 22.5. The number of ether oxygens (including phenoxy) is 1. The number of carbonyl (C=O) groups is 2. The van der Waals surface area contributed by atoms with Crippen LogP contribution in [-0.4, -0.2) is 23.3 Å². The third kappa shape index (κ3) is 1.46. The van der Waals surface area contributed by atoms with Crippen LogP contribution >= 0.6 is 0 Å². The normalized spacial score (nSPS) is 15.7. The Balaban J connectivity index is 2.49. The number of fused-ring (bicyclic) bond motifs is 1. The maximum absolute atomic E-state index is 11.5. The molecule has 1 aromatic carbocycles. The lowest BCUT2D eigenvalue weighted by atomic mass is 10.1. The minimum atomic E-state index is -0.307. The Morgan fingerprint density at radius 1 is 1.29 bits per heavy atom. The number of carbonyl (C=O) groups excluding carboxylic acids is 2. The molecule has 4 heteroatoms. The van der Waals surface area contributed by atoms with E-state index in [0.29, 0.717) is 5.75 Å². The van der Waals surface area contributed by atoms with Gasteiger partial charge < -0.3 is 9.84 Å². The van der Waals surface area contributed by atoms with Gasteiger partial charge in [-0.15, -0.1) is 0 Å². The zero-order valence-corrected chi connectivity index (χ0v) is 7.32. The van der Waals surface area contributed by atoms with Crippen LogP contribution < -0.4 is 4.74 Å². The highest BCUT2D eigenvalue weighted by Crippen LogP contribution is 2.26. The number of benzene rings is 1. The SMILES string of the molecule is O=C1COc2ccc(O)cc2C(=O)C1. The summed E-state index contributed by atoms with van der Waals surface area (Å²) in [6, 6.07) is 4.22. The van der Waals surface area contributed by atoms with Gasteiger partial charge in [-0.3, -0.25) is 9.59 Å². The van der Waals surface area contributed by atoms with Gasteiger partial charge in [-0.2, -0.15) is 0 Å². The number of Topliss-reactive ketones (excluding diaryl/α,β-unsaturated/α-hetero) is 2. The number of ketones is 2. The lowest BCUT2D eigenvalue weighted by Crippen LogP contribution is -2.10. The topological polar surface area (TPSA) is 63.6 Å². The molecule has 2 rings (SSSR count). The fraction of sp³-hybridized carbons (Fsp3) is 0.200. The summed E-state index contributed by atoms with van der Waals surface area (Å²) >= 11 is 0. The maximum Gasteiger partial charge on any atom is 0.177 e. The summed E-state index contributed by atoms with van der Waals surface area (Å²) in [5, 5.41) is 9.17. The van der Waals surface area contributed by atoms with Gasteiger partial charge in [0.2, 0.25) is 0 Å². The van der Waals surface area contributed by atoms with Crippen LogP contribution in [0.2, 0.25) is 0 Å². The van der Waals surface area contributed by atoms with Crippen LogP contribution in [0.25, 0.3) is 0 Å². The van der Waals surface area contributed by atoms with E-state index in [1.165, 1.54) is 18.2 Å². The average Bonchev–Trinajstić information content (AvgIpc) is 2.27. The Hall–Kier alpha value is -1.84. The van der Waals surface area contributed by atoms with Gasteiger partial charge in [-0.05, 0) is 18.2 Å². The molecule has 1 aromatic rings. The fourth-order valence-electron chi connectivity index (χ4n) is 1.35. The Bertz CT molecular complexity index is 409. The molecule has 0 aromatic heterocycles. The molecule has 0 bridgehead atoms. The highest BCUT2D eigenvalue weighted by molar-refractivity contribution is 6.10. The van der Waals surface area contributed by atoms with Gasteiger partial charge >= 0.3 is 0 Å². The van der Waals surface area contributed by atoms with Crippen molar-refractivity contribution in [3.63, 3.8) is 0 Å². The van der Waals surface area contributed by atoms with Crippen LogP contribution in [0.5, 0.6) is 11.5 Å². The molecule has 0 amide bonds. The van der Waals surface area contributed by atoms with E-state index in [1.807, 2.05) is 0 Å². The van der Waals surface area contributed by atoms with E-state index in [4.69, 9.17) is 4.74 Å². The number of aromatic hydroxyl groups is 1. The van der Waals surface area contributed by atoms with Gasteiger partial charge in [0.25, 0.3) is 0 Å². The van der Waals surface area contributed by atoms with E-state index in [0.717, 1.165) is 0 Å². The van der Waals surface area contributed by atoms with Gasteiger partial charge in [-0.25, -0.2) is 0 Å². The van der Waals surface area contributed by atoms with Crippen LogP contribution in [0, 0.1) is 0 Å². The summed E-state index contributed by atoms with van der Waals surface area (Å²) in [6.07, 6.45) is -0.156. The number of hydrogen-bond donors (Lipinski definition) is 1. The third-order valence-corrected chi connectivity index (χ3v) is 2.01. The molecule has 0 fully saturated rings. The first kappa shape index (κ1) is 8.74. The molecule has 1 N–H and O–H groups in total. The minimum Gasteiger partial charge on any atom is -0.508 e. The standard InChI is InChI=1S/C10H8O4/c11-6-1-2-10-8(3-6)9(13)4-7(12)5-14-10/h1-3,11H,4-5H2. The quantitative estimate of drug-likeness (QED) is 0.621. The van der Waals surface area contributed by atoms with Gasteiger partial charge in [0.1, 0.15) is 18.1 Å². The number of hydrogen-bond acceptors (Lipinski definition) is 4. The second-order valence-corrected chi connectivity index (χ2v) is 3.11. The molecule has 0 saturated heterocycles. The molecule has 1 aliphatic rings. The summed E-state index contributed by atoms with van der Waals surface area (Å²) in [5.41, 5.74) is 0.274. The van der Waals surface area contributed by atoms with E-state index in [1.54, 1.807) is 0 Å². The molecule has 1 heterocycles. The fourth-order valence-corrected chi connectivity index (χ4v) is 1.35. The molecule has 0 radical (unpaired) electrons. The zero-order chi connectivity index (χ0) is 10.1. The number of rotatable bonds is 0. The van der Waals surface area contributed by atoms with Crippen molar-refractivity contribution in [2.45, 2.75) is 6.42 Å². The summed E-state index contributed by atoms with van der Waals surface area (Å²) in [5.74, 6) is -0.196. The molecule has 14 heavy (non-hydrogen) atoms. The molecule has 0 spiro atoms. The lowest BCUT2D eigenvalue weighted by molar-refractivity contribution is -0.119. The first-order chi connectivity index (χ1) is 6.66. The second kappa shape index (κ2) is 3.14. The number of phenols is 1. The summed E-state index contributed by atoms with van der Waals surface area (Å²) < 4.78 is 5.10.